The fraction of sp³-hybridized carbons (Fsp3) is 0.409. The Bertz CT molecular complexity index is 953. The SMILES string of the molecule is COc1cc(C(=O)N2CCC3(CCN(C(=O)/C=C/c4ccsc4)CC3)C2)cc(Cl)n1. The molecule has 8 heteroatoms. The largest absolute Gasteiger partial charge is 0.481 e. The third kappa shape index (κ3) is 4.52. The zero-order valence-corrected chi connectivity index (χ0v) is 18.4. The number of piperidine rings is 1. The number of amides is 2. The smallest absolute Gasteiger partial charge is 0.254 e. The van der Waals surface area contributed by atoms with Crippen LogP contribution in [0.4, 0.5) is 0 Å². The minimum Gasteiger partial charge on any atom is -0.481 e. The van der Waals surface area contributed by atoms with Crippen LogP contribution in [0.15, 0.2) is 35.0 Å². The molecule has 0 unspecified atom stereocenters. The molecule has 2 fully saturated rings. The van der Waals surface area contributed by atoms with Crippen molar-refractivity contribution in [2.45, 2.75) is 19.3 Å². The lowest BCUT2D eigenvalue weighted by Gasteiger charge is -2.39. The Balaban J connectivity index is 1.35. The normalized spacial score (nSPS) is 18.3. The standard InChI is InChI=1S/C22H24ClN3O3S/c1-29-19-13-17(12-18(23)24-19)21(28)26-10-7-22(15-26)5-8-25(9-6-22)20(27)3-2-16-4-11-30-14-16/h2-4,11-14H,5-10,15H2,1H3/b3-2+. The van der Waals surface area contributed by atoms with E-state index in [-0.39, 0.29) is 22.4 Å². The molecule has 0 saturated carbocycles. The number of hydrogen-bond donors (Lipinski definition) is 0. The molecular formula is C22H24ClN3O3S. The van der Waals surface area contributed by atoms with Crippen LogP contribution in [0, 0.1) is 5.41 Å². The Morgan fingerprint density at radius 2 is 1.93 bits per heavy atom. The Morgan fingerprint density at radius 3 is 2.60 bits per heavy atom. The molecule has 0 aliphatic carbocycles. The van der Waals surface area contributed by atoms with Crippen molar-refractivity contribution in [3.63, 3.8) is 0 Å². The van der Waals surface area contributed by atoms with E-state index in [0.29, 0.717) is 24.5 Å². The molecule has 4 rings (SSSR count). The molecule has 2 aromatic heterocycles. The molecule has 4 heterocycles. The van der Waals surface area contributed by atoms with Gasteiger partial charge in [-0.3, -0.25) is 9.59 Å². The Labute approximate surface area is 185 Å². The number of halogens is 1. The number of pyridine rings is 1. The van der Waals surface area contributed by atoms with Crippen molar-refractivity contribution >= 4 is 40.8 Å². The van der Waals surface area contributed by atoms with Crippen molar-refractivity contribution in [1.82, 2.24) is 14.8 Å². The minimum atomic E-state index is -0.0494. The molecule has 0 radical (unpaired) electrons. The van der Waals surface area contributed by atoms with Gasteiger partial charge in [0, 0.05) is 43.9 Å². The summed E-state index contributed by atoms with van der Waals surface area (Å²) in [6.07, 6.45) is 6.31. The molecule has 2 amide bonds. The average molecular weight is 446 g/mol. The number of rotatable bonds is 4. The fourth-order valence-electron chi connectivity index (χ4n) is 4.24. The number of thiophene rings is 1. The van der Waals surface area contributed by atoms with E-state index in [4.69, 9.17) is 16.3 Å². The highest BCUT2D eigenvalue weighted by Crippen LogP contribution is 2.41. The molecule has 30 heavy (non-hydrogen) atoms. The monoisotopic (exact) mass is 445 g/mol. The number of hydrogen-bond acceptors (Lipinski definition) is 5. The van der Waals surface area contributed by atoms with Crippen LogP contribution in [0.1, 0.15) is 35.2 Å². The Hall–Kier alpha value is -2.38. The van der Waals surface area contributed by atoms with Gasteiger partial charge >= 0.3 is 0 Å². The van der Waals surface area contributed by atoms with Gasteiger partial charge in [0.05, 0.1) is 7.11 Å². The highest BCUT2D eigenvalue weighted by atomic mass is 35.5. The molecule has 2 aliphatic heterocycles. The van der Waals surface area contributed by atoms with Crippen molar-refractivity contribution in [1.29, 1.82) is 0 Å². The maximum absolute atomic E-state index is 13.0. The molecule has 0 aromatic carbocycles. The summed E-state index contributed by atoms with van der Waals surface area (Å²) in [5.41, 5.74) is 1.64. The van der Waals surface area contributed by atoms with Gasteiger partial charge in [-0.1, -0.05) is 11.6 Å². The first-order valence-corrected chi connectivity index (χ1v) is 11.3. The second-order valence-corrected chi connectivity index (χ2v) is 9.08. The number of carbonyl (C=O) groups is 2. The molecule has 2 saturated heterocycles. The summed E-state index contributed by atoms with van der Waals surface area (Å²) in [6, 6.07) is 5.20. The van der Waals surface area contributed by atoms with Gasteiger partial charge in [-0.2, -0.15) is 11.3 Å². The Morgan fingerprint density at radius 1 is 1.20 bits per heavy atom. The highest BCUT2D eigenvalue weighted by Gasteiger charge is 2.42. The van der Waals surface area contributed by atoms with E-state index in [0.717, 1.165) is 37.9 Å². The van der Waals surface area contributed by atoms with E-state index >= 15 is 0 Å². The van der Waals surface area contributed by atoms with Gasteiger partial charge in [0.2, 0.25) is 11.8 Å². The molecule has 2 aromatic rings. The van der Waals surface area contributed by atoms with Crippen LogP contribution < -0.4 is 4.74 Å². The second kappa shape index (κ2) is 8.78. The van der Waals surface area contributed by atoms with E-state index < -0.39 is 0 Å². The van der Waals surface area contributed by atoms with Crippen LogP contribution in [0.2, 0.25) is 5.15 Å². The third-order valence-electron chi connectivity index (χ3n) is 6.05. The predicted molar refractivity (Wildman–Crippen MR) is 118 cm³/mol. The summed E-state index contributed by atoms with van der Waals surface area (Å²) >= 11 is 7.64. The van der Waals surface area contributed by atoms with Gasteiger partial charge in [-0.25, -0.2) is 4.98 Å². The van der Waals surface area contributed by atoms with Crippen molar-refractivity contribution in [3.05, 3.63) is 51.3 Å². The number of carbonyl (C=O) groups excluding carboxylic acids is 2. The van der Waals surface area contributed by atoms with Gasteiger partial charge in [0.1, 0.15) is 5.15 Å². The van der Waals surface area contributed by atoms with E-state index in [1.54, 1.807) is 29.5 Å². The quantitative estimate of drug-likeness (QED) is 0.527. The zero-order valence-electron chi connectivity index (χ0n) is 16.8. The van der Waals surface area contributed by atoms with Gasteiger partial charge in [-0.05, 0) is 59.2 Å². The highest BCUT2D eigenvalue weighted by molar-refractivity contribution is 7.08. The number of nitrogens with zero attached hydrogens (tertiary/aromatic N) is 3. The summed E-state index contributed by atoms with van der Waals surface area (Å²) in [5.74, 6) is 0.342. The first-order valence-electron chi connectivity index (χ1n) is 9.98. The zero-order chi connectivity index (χ0) is 21.1. The van der Waals surface area contributed by atoms with Crippen LogP contribution in [-0.4, -0.2) is 59.9 Å². The molecule has 2 aliphatic rings. The number of methoxy groups -OCH3 is 1. The lowest BCUT2D eigenvalue weighted by Crippen LogP contribution is -2.44. The number of likely N-dealkylation sites (tertiary alicyclic amines) is 2. The molecule has 0 atom stereocenters. The summed E-state index contributed by atoms with van der Waals surface area (Å²) in [4.78, 5) is 33.3. The summed E-state index contributed by atoms with van der Waals surface area (Å²) < 4.78 is 5.13. The van der Waals surface area contributed by atoms with E-state index in [1.165, 1.54) is 7.11 Å². The van der Waals surface area contributed by atoms with E-state index in [9.17, 15) is 9.59 Å². The maximum atomic E-state index is 13.0. The topological polar surface area (TPSA) is 62.7 Å². The predicted octanol–water partition coefficient (Wildman–Crippen LogP) is 3.97. The summed E-state index contributed by atoms with van der Waals surface area (Å²) in [6.45, 7) is 2.88. The van der Waals surface area contributed by atoms with Gasteiger partial charge < -0.3 is 14.5 Å². The van der Waals surface area contributed by atoms with Gasteiger partial charge in [0.15, 0.2) is 0 Å². The van der Waals surface area contributed by atoms with Crippen molar-refractivity contribution in [3.8, 4) is 5.88 Å². The summed E-state index contributed by atoms with van der Waals surface area (Å²) in [5, 5.41) is 4.26. The lowest BCUT2D eigenvalue weighted by atomic mass is 9.78. The van der Waals surface area contributed by atoms with E-state index in [2.05, 4.69) is 4.98 Å². The van der Waals surface area contributed by atoms with Crippen molar-refractivity contribution in [2.24, 2.45) is 5.41 Å². The fourth-order valence-corrected chi connectivity index (χ4v) is 5.07. The molecule has 1 spiro atoms. The minimum absolute atomic E-state index is 0.0494. The van der Waals surface area contributed by atoms with Crippen LogP contribution in [0.5, 0.6) is 5.88 Å². The van der Waals surface area contributed by atoms with Gasteiger partial charge in [-0.15, -0.1) is 0 Å². The third-order valence-corrected chi connectivity index (χ3v) is 6.94. The average Bonchev–Trinajstić information content (AvgIpc) is 3.42. The van der Waals surface area contributed by atoms with Crippen LogP contribution >= 0.6 is 22.9 Å². The molecule has 0 N–H and O–H groups in total. The lowest BCUT2D eigenvalue weighted by molar-refractivity contribution is -0.128. The maximum Gasteiger partial charge on any atom is 0.254 e. The molecule has 158 valence electrons. The molecule has 6 nitrogen and oxygen atoms in total. The van der Waals surface area contributed by atoms with Crippen molar-refractivity contribution < 1.29 is 14.3 Å². The number of aromatic nitrogens is 1. The van der Waals surface area contributed by atoms with E-state index in [1.807, 2.05) is 32.7 Å². The first kappa shape index (κ1) is 20.9. The second-order valence-electron chi connectivity index (χ2n) is 7.91. The molecular weight excluding hydrogens is 422 g/mol. The van der Waals surface area contributed by atoms with Crippen LogP contribution in [0.25, 0.3) is 6.08 Å². The van der Waals surface area contributed by atoms with Crippen molar-refractivity contribution in [2.75, 3.05) is 33.3 Å². The summed E-state index contributed by atoms with van der Waals surface area (Å²) in [7, 11) is 1.50. The van der Waals surface area contributed by atoms with Crippen LogP contribution in [0.3, 0.4) is 0 Å². The number of ether oxygens (including phenoxy) is 1. The first-order chi connectivity index (χ1) is 14.5. The van der Waals surface area contributed by atoms with Crippen LogP contribution in [-0.2, 0) is 4.79 Å². The van der Waals surface area contributed by atoms with Gasteiger partial charge in [0.25, 0.3) is 5.91 Å². The Kier molecular flexibility index (Phi) is 6.11. The molecule has 0 bridgehead atoms.